The monoisotopic (exact) mass is 294 g/mol. The lowest BCUT2D eigenvalue weighted by molar-refractivity contribution is -0.142. The lowest BCUT2D eigenvalue weighted by Gasteiger charge is -2.22. The summed E-state index contributed by atoms with van der Waals surface area (Å²) in [6.07, 6.45) is 3.11. The highest BCUT2D eigenvalue weighted by Gasteiger charge is 2.27. The Balaban J connectivity index is 0.00000147. The second kappa shape index (κ2) is 5.54. The normalized spacial score (nSPS) is 17.1. The lowest BCUT2D eigenvalue weighted by atomic mass is 9.98. The van der Waals surface area contributed by atoms with Crippen LogP contribution in [0.5, 0.6) is 5.75 Å². The van der Waals surface area contributed by atoms with Crippen LogP contribution in [0.25, 0.3) is 11.4 Å². The third-order valence-corrected chi connectivity index (χ3v) is 3.58. The van der Waals surface area contributed by atoms with Crippen LogP contribution < -0.4 is 0 Å². The molecule has 1 atom stereocenters. The summed E-state index contributed by atoms with van der Waals surface area (Å²) < 4.78 is 1.90. The molecule has 2 N–H and O–H groups in total. The molecule has 2 aromatic rings. The number of benzene rings is 1. The van der Waals surface area contributed by atoms with E-state index >= 15 is 0 Å². The summed E-state index contributed by atoms with van der Waals surface area (Å²) in [5, 5.41) is 19.0. The molecule has 0 fully saturated rings. The molecule has 0 spiro atoms. The first-order valence-electron chi connectivity index (χ1n) is 6.22. The van der Waals surface area contributed by atoms with Gasteiger partial charge in [0.25, 0.3) is 0 Å². The maximum Gasteiger partial charge on any atom is 0.308 e. The number of fused-ring (bicyclic) bond motifs is 1. The van der Waals surface area contributed by atoms with Crippen LogP contribution in [0.2, 0.25) is 0 Å². The zero-order valence-electron chi connectivity index (χ0n) is 10.7. The molecule has 1 unspecified atom stereocenters. The van der Waals surface area contributed by atoms with E-state index in [9.17, 15) is 9.90 Å². The number of phenolic OH excluding ortho intramolecular Hbond substituents is 1. The molecule has 3 rings (SSSR count). The zero-order chi connectivity index (χ0) is 13.4. The number of nitrogens with zero attached hydrogens (tertiary/aromatic N) is 2. The van der Waals surface area contributed by atoms with Crippen molar-refractivity contribution >= 4 is 18.4 Å². The second-order valence-corrected chi connectivity index (χ2v) is 4.77. The molecule has 0 radical (unpaired) electrons. The number of hydrogen-bond acceptors (Lipinski definition) is 3. The highest BCUT2D eigenvalue weighted by Crippen LogP contribution is 2.31. The molecule has 2 heterocycles. The molecule has 5 nitrogen and oxygen atoms in total. The molecule has 1 aliphatic rings. The van der Waals surface area contributed by atoms with Gasteiger partial charge >= 0.3 is 5.97 Å². The molecule has 0 bridgehead atoms. The van der Waals surface area contributed by atoms with Gasteiger partial charge in [0.1, 0.15) is 11.6 Å². The van der Waals surface area contributed by atoms with Crippen LogP contribution in [0.1, 0.15) is 12.1 Å². The maximum atomic E-state index is 11.1. The Morgan fingerprint density at radius 1 is 1.35 bits per heavy atom. The number of aromatic nitrogens is 2. The average Bonchev–Trinajstić information content (AvgIpc) is 2.82. The van der Waals surface area contributed by atoms with E-state index in [0.29, 0.717) is 30.8 Å². The van der Waals surface area contributed by atoms with Gasteiger partial charge in [-0.1, -0.05) is 12.1 Å². The quantitative estimate of drug-likeness (QED) is 0.891. The number of para-hydroxylation sites is 1. The summed E-state index contributed by atoms with van der Waals surface area (Å²) >= 11 is 0. The number of hydrogen-bond donors (Lipinski definition) is 2. The van der Waals surface area contributed by atoms with Crippen molar-refractivity contribution in [1.29, 1.82) is 0 Å². The van der Waals surface area contributed by atoms with Crippen molar-refractivity contribution in [3.8, 4) is 17.1 Å². The van der Waals surface area contributed by atoms with Crippen molar-refractivity contribution in [3.63, 3.8) is 0 Å². The van der Waals surface area contributed by atoms with Crippen LogP contribution in [0.15, 0.2) is 30.5 Å². The van der Waals surface area contributed by atoms with Gasteiger partial charge in [0, 0.05) is 18.4 Å². The molecule has 1 aliphatic heterocycles. The van der Waals surface area contributed by atoms with E-state index in [1.165, 1.54) is 0 Å². The number of aromatic hydroxyl groups is 1. The fourth-order valence-electron chi connectivity index (χ4n) is 2.53. The van der Waals surface area contributed by atoms with Crippen molar-refractivity contribution in [2.24, 2.45) is 5.92 Å². The largest absolute Gasteiger partial charge is 0.507 e. The van der Waals surface area contributed by atoms with Gasteiger partial charge in [-0.05, 0) is 25.0 Å². The SMILES string of the molecule is Cl.O=C(O)C1CCc2cnc(-c3ccccc3O)n2C1. The van der Waals surface area contributed by atoms with Crippen LogP contribution in [0, 0.1) is 5.92 Å². The van der Waals surface area contributed by atoms with E-state index in [1.54, 1.807) is 24.4 Å². The second-order valence-electron chi connectivity index (χ2n) is 4.77. The fraction of sp³-hybridized carbons (Fsp3) is 0.286. The highest BCUT2D eigenvalue weighted by atomic mass is 35.5. The van der Waals surface area contributed by atoms with Crippen molar-refractivity contribution in [3.05, 3.63) is 36.2 Å². The molecule has 0 aliphatic carbocycles. The first-order valence-corrected chi connectivity index (χ1v) is 6.22. The predicted molar refractivity (Wildman–Crippen MR) is 76.0 cm³/mol. The maximum absolute atomic E-state index is 11.1. The number of carboxylic acids is 1. The molecule has 0 amide bonds. The van der Waals surface area contributed by atoms with Gasteiger partial charge in [-0.25, -0.2) is 4.98 Å². The number of aliphatic carboxylic acids is 1. The molecule has 1 aromatic carbocycles. The highest BCUT2D eigenvalue weighted by molar-refractivity contribution is 5.85. The Bertz CT molecular complexity index is 639. The summed E-state index contributed by atoms with van der Waals surface area (Å²) in [5.41, 5.74) is 1.66. The van der Waals surface area contributed by atoms with E-state index in [4.69, 9.17) is 5.11 Å². The fourth-order valence-corrected chi connectivity index (χ4v) is 2.53. The van der Waals surface area contributed by atoms with Crippen LogP contribution in [0.3, 0.4) is 0 Å². The smallest absolute Gasteiger partial charge is 0.308 e. The molecular formula is C14H15ClN2O3. The Morgan fingerprint density at radius 3 is 2.80 bits per heavy atom. The number of halogens is 1. The van der Waals surface area contributed by atoms with Gasteiger partial charge in [0.2, 0.25) is 0 Å². The van der Waals surface area contributed by atoms with E-state index in [0.717, 1.165) is 5.69 Å². The van der Waals surface area contributed by atoms with Gasteiger partial charge < -0.3 is 14.8 Å². The standard InChI is InChI=1S/C14H14N2O3.ClH/c17-12-4-2-1-3-11(12)13-15-7-10-6-5-9(14(18)19)8-16(10)13;/h1-4,7,9,17H,5-6,8H2,(H,18,19);1H. The summed E-state index contributed by atoms with van der Waals surface area (Å²) in [7, 11) is 0. The lowest BCUT2D eigenvalue weighted by Crippen LogP contribution is -2.26. The van der Waals surface area contributed by atoms with Gasteiger partial charge in [0.05, 0.1) is 11.5 Å². The summed E-state index contributed by atoms with van der Waals surface area (Å²) in [5.74, 6) is -0.360. The third-order valence-electron chi connectivity index (χ3n) is 3.58. The molecule has 20 heavy (non-hydrogen) atoms. The number of imidazole rings is 1. The zero-order valence-corrected chi connectivity index (χ0v) is 11.5. The Hall–Kier alpha value is -2.01. The first kappa shape index (κ1) is 14.4. The molecule has 0 saturated carbocycles. The van der Waals surface area contributed by atoms with Gasteiger partial charge in [0.15, 0.2) is 0 Å². The Morgan fingerprint density at radius 2 is 2.10 bits per heavy atom. The van der Waals surface area contributed by atoms with Crippen LogP contribution in [-0.2, 0) is 17.8 Å². The van der Waals surface area contributed by atoms with Crippen LogP contribution in [0.4, 0.5) is 0 Å². The minimum atomic E-state index is -0.775. The summed E-state index contributed by atoms with van der Waals surface area (Å²) in [4.78, 5) is 15.5. The molecular weight excluding hydrogens is 280 g/mol. The number of aryl methyl sites for hydroxylation is 1. The molecule has 1 aromatic heterocycles. The van der Waals surface area contributed by atoms with Crippen molar-refractivity contribution in [1.82, 2.24) is 9.55 Å². The van der Waals surface area contributed by atoms with E-state index in [-0.39, 0.29) is 24.1 Å². The van der Waals surface area contributed by atoms with E-state index in [2.05, 4.69) is 4.98 Å². The number of carbonyl (C=O) groups is 1. The van der Waals surface area contributed by atoms with Crippen molar-refractivity contribution in [2.45, 2.75) is 19.4 Å². The van der Waals surface area contributed by atoms with Crippen molar-refractivity contribution < 1.29 is 15.0 Å². The average molecular weight is 295 g/mol. The van der Waals surface area contributed by atoms with E-state index in [1.807, 2.05) is 10.6 Å². The number of carboxylic acid groups (broad SMARTS) is 1. The molecule has 6 heteroatoms. The minimum absolute atomic E-state index is 0. The van der Waals surface area contributed by atoms with Gasteiger partial charge in [-0.15, -0.1) is 12.4 Å². The summed E-state index contributed by atoms with van der Waals surface area (Å²) in [6.45, 7) is 0.411. The molecule has 0 saturated heterocycles. The van der Waals surface area contributed by atoms with Crippen molar-refractivity contribution in [2.75, 3.05) is 0 Å². The first-order chi connectivity index (χ1) is 9.16. The van der Waals surface area contributed by atoms with Gasteiger partial charge in [-0.3, -0.25) is 4.79 Å². The van der Waals surface area contributed by atoms with Gasteiger partial charge in [-0.2, -0.15) is 0 Å². The minimum Gasteiger partial charge on any atom is -0.507 e. The van der Waals surface area contributed by atoms with Crippen LogP contribution in [-0.4, -0.2) is 25.7 Å². The predicted octanol–water partition coefficient (Wildman–Crippen LogP) is 2.32. The Kier molecular flexibility index (Phi) is 3.99. The third kappa shape index (κ3) is 2.36. The topological polar surface area (TPSA) is 75.3 Å². The summed E-state index contributed by atoms with van der Waals surface area (Å²) in [6, 6.07) is 6.97. The Labute approximate surface area is 122 Å². The number of phenols is 1. The number of rotatable bonds is 2. The molecule has 106 valence electrons. The van der Waals surface area contributed by atoms with E-state index < -0.39 is 5.97 Å². The van der Waals surface area contributed by atoms with Crippen LogP contribution >= 0.6 is 12.4 Å².